The van der Waals surface area contributed by atoms with E-state index in [1.165, 1.54) is 10.9 Å². The third-order valence-electron chi connectivity index (χ3n) is 5.08. The van der Waals surface area contributed by atoms with E-state index in [-0.39, 0.29) is 12.4 Å². The lowest BCUT2D eigenvalue weighted by atomic mass is 9.92. The zero-order valence-electron chi connectivity index (χ0n) is 17.3. The van der Waals surface area contributed by atoms with E-state index in [9.17, 15) is 13.2 Å². The summed E-state index contributed by atoms with van der Waals surface area (Å²) in [6, 6.07) is 8.20. The van der Waals surface area contributed by atoms with Crippen LogP contribution in [0.5, 0.6) is 5.75 Å². The Bertz CT molecular complexity index is 812. The zero-order valence-corrected chi connectivity index (χ0v) is 18.1. The maximum Gasteiger partial charge on any atom is 0.419 e. The zero-order chi connectivity index (χ0) is 21.8. The molecule has 1 fully saturated rings. The Morgan fingerprint density at radius 3 is 2.50 bits per heavy atom. The van der Waals surface area contributed by atoms with E-state index in [2.05, 4.69) is 0 Å². The molecule has 2 N–H and O–H groups in total. The van der Waals surface area contributed by atoms with E-state index in [0.717, 1.165) is 12.5 Å². The van der Waals surface area contributed by atoms with Gasteiger partial charge >= 0.3 is 6.18 Å². The van der Waals surface area contributed by atoms with Gasteiger partial charge in [0.1, 0.15) is 5.75 Å². The number of rotatable bonds is 8. The Morgan fingerprint density at radius 2 is 1.87 bits per heavy atom. The minimum absolute atomic E-state index is 0.133. The number of benzene rings is 1. The molecule has 8 heteroatoms. The Morgan fingerprint density at radius 1 is 1.13 bits per heavy atom. The molecule has 0 aliphatic carbocycles. The number of hydrogen-bond donors (Lipinski definition) is 1. The number of ether oxygens (including phenoxy) is 3. The standard InChI is InChI=1S/C22H28F3NO3S/c1-20(2)28-14-21(26,15-29-20)10-9-16-7-8-19(18(13-16)22(23,24)25)27-11-3-5-17-6-4-12-30-17/h4,6-8,12-13H,3,5,9-11,14-15,26H2,1-2H3. The molecule has 0 atom stereocenters. The van der Waals surface area contributed by atoms with Crippen LogP contribution in [0.25, 0.3) is 0 Å². The van der Waals surface area contributed by atoms with Crippen LogP contribution in [0, 0.1) is 0 Å². The summed E-state index contributed by atoms with van der Waals surface area (Å²) < 4.78 is 57.4. The lowest BCUT2D eigenvalue weighted by molar-refractivity contribution is -0.267. The molecule has 1 aromatic carbocycles. The van der Waals surface area contributed by atoms with Gasteiger partial charge in [-0.15, -0.1) is 11.3 Å². The van der Waals surface area contributed by atoms with E-state index in [4.69, 9.17) is 19.9 Å². The summed E-state index contributed by atoms with van der Waals surface area (Å²) >= 11 is 1.63. The number of alkyl halides is 3. The van der Waals surface area contributed by atoms with Crippen LogP contribution in [0.4, 0.5) is 13.2 Å². The molecule has 0 unspecified atom stereocenters. The van der Waals surface area contributed by atoms with Crippen molar-refractivity contribution in [3.8, 4) is 5.75 Å². The molecule has 0 radical (unpaired) electrons. The summed E-state index contributed by atoms with van der Waals surface area (Å²) in [5.41, 5.74) is 5.40. The summed E-state index contributed by atoms with van der Waals surface area (Å²) in [7, 11) is 0. The molecule has 0 spiro atoms. The number of hydrogen-bond acceptors (Lipinski definition) is 5. The van der Waals surface area contributed by atoms with Gasteiger partial charge < -0.3 is 19.9 Å². The second-order valence-electron chi connectivity index (χ2n) is 8.20. The molecule has 166 valence electrons. The molecule has 1 aromatic heterocycles. The predicted molar refractivity (Wildman–Crippen MR) is 111 cm³/mol. The molecule has 0 amide bonds. The molecule has 1 aliphatic heterocycles. The van der Waals surface area contributed by atoms with Gasteiger partial charge in [-0.1, -0.05) is 12.1 Å². The highest BCUT2D eigenvalue weighted by atomic mass is 32.1. The third-order valence-corrected chi connectivity index (χ3v) is 6.02. The van der Waals surface area contributed by atoms with E-state index in [0.29, 0.717) is 38.0 Å². The van der Waals surface area contributed by atoms with Crippen molar-refractivity contribution < 1.29 is 27.4 Å². The summed E-state index contributed by atoms with van der Waals surface area (Å²) in [6.07, 6.45) is -2.18. The molecule has 1 saturated heterocycles. The van der Waals surface area contributed by atoms with Crippen LogP contribution in [0.1, 0.15) is 42.7 Å². The van der Waals surface area contributed by atoms with Crippen molar-refractivity contribution in [1.82, 2.24) is 0 Å². The van der Waals surface area contributed by atoms with Crippen LogP contribution in [0.15, 0.2) is 35.7 Å². The van der Waals surface area contributed by atoms with E-state index in [1.807, 2.05) is 17.5 Å². The predicted octanol–water partition coefficient (Wildman–Crippen LogP) is 5.19. The van der Waals surface area contributed by atoms with Gasteiger partial charge in [-0.3, -0.25) is 0 Å². The van der Waals surface area contributed by atoms with Crippen molar-refractivity contribution in [2.75, 3.05) is 19.8 Å². The van der Waals surface area contributed by atoms with Crippen molar-refractivity contribution >= 4 is 11.3 Å². The molecular weight excluding hydrogens is 415 g/mol. The van der Waals surface area contributed by atoms with Gasteiger partial charge in [-0.25, -0.2) is 0 Å². The molecule has 3 rings (SSSR count). The number of aryl methyl sites for hydroxylation is 2. The molecule has 0 bridgehead atoms. The van der Waals surface area contributed by atoms with Gasteiger partial charge in [0.25, 0.3) is 0 Å². The highest BCUT2D eigenvalue weighted by molar-refractivity contribution is 7.09. The van der Waals surface area contributed by atoms with E-state index >= 15 is 0 Å². The van der Waals surface area contributed by atoms with Crippen molar-refractivity contribution in [2.24, 2.45) is 5.73 Å². The molecule has 0 saturated carbocycles. The fourth-order valence-corrected chi connectivity index (χ4v) is 3.97. The molecular formula is C22H28F3NO3S. The molecule has 30 heavy (non-hydrogen) atoms. The first-order valence-electron chi connectivity index (χ1n) is 9.98. The average Bonchev–Trinajstić information content (AvgIpc) is 3.20. The fourth-order valence-electron chi connectivity index (χ4n) is 3.22. The second-order valence-corrected chi connectivity index (χ2v) is 9.23. The number of halogens is 3. The first-order chi connectivity index (χ1) is 14.1. The van der Waals surface area contributed by atoms with Gasteiger partial charge in [0.05, 0.1) is 30.9 Å². The first-order valence-corrected chi connectivity index (χ1v) is 10.9. The van der Waals surface area contributed by atoms with Gasteiger partial charge in [-0.05, 0) is 68.7 Å². The van der Waals surface area contributed by atoms with Gasteiger partial charge in [0, 0.05) is 4.88 Å². The van der Waals surface area contributed by atoms with Crippen LogP contribution >= 0.6 is 11.3 Å². The third kappa shape index (κ3) is 6.44. The summed E-state index contributed by atoms with van der Waals surface area (Å²) in [5, 5.41) is 1.98. The Hall–Kier alpha value is -1.61. The molecule has 1 aliphatic rings. The van der Waals surface area contributed by atoms with Crippen LogP contribution in [-0.4, -0.2) is 31.1 Å². The largest absolute Gasteiger partial charge is 0.493 e. The first kappa shape index (κ1) is 23.1. The minimum Gasteiger partial charge on any atom is -0.493 e. The van der Waals surface area contributed by atoms with Gasteiger partial charge in [0.15, 0.2) is 5.79 Å². The maximum atomic E-state index is 13.6. The monoisotopic (exact) mass is 443 g/mol. The topological polar surface area (TPSA) is 53.7 Å². The quantitative estimate of drug-likeness (QED) is 0.571. The van der Waals surface area contributed by atoms with Gasteiger partial charge in [-0.2, -0.15) is 13.2 Å². The van der Waals surface area contributed by atoms with E-state index in [1.54, 1.807) is 31.3 Å². The van der Waals surface area contributed by atoms with Crippen LogP contribution in [0.3, 0.4) is 0 Å². The number of thiophene rings is 1. The Balaban J connectivity index is 1.59. The summed E-state index contributed by atoms with van der Waals surface area (Å²) in [5.74, 6) is -0.819. The highest BCUT2D eigenvalue weighted by Crippen LogP contribution is 2.37. The molecule has 2 aromatic rings. The van der Waals surface area contributed by atoms with Crippen molar-refractivity contribution in [1.29, 1.82) is 0 Å². The van der Waals surface area contributed by atoms with Crippen LogP contribution < -0.4 is 10.5 Å². The second kappa shape index (κ2) is 9.26. The number of nitrogens with two attached hydrogens (primary N) is 1. The summed E-state index contributed by atoms with van der Waals surface area (Å²) in [6.45, 7) is 4.45. The Kier molecular flexibility index (Phi) is 7.12. The Labute approximate surface area is 179 Å². The summed E-state index contributed by atoms with van der Waals surface area (Å²) in [4.78, 5) is 1.19. The normalized spacial score (nSPS) is 18.3. The lowest BCUT2D eigenvalue weighted by Gasteiger charge is -2.41. The molecule has 2 heterocycles. The highest BCUT2D eigenvalue weighted by Gasteiger charge is 2.38. The minimum atomic E-state index is -4.49. The SMILES string of the molecule is CC1(C)OCC(N)(CCc2ccc(OCCCc3cccs3)c(C(F)(F)F)c2)CO1. The maximum absolute atomic E-state index is 13.6. The van der Waals surface area contributed by atoms with Gasteiger partial charge in [0.2, 0.25) is 0 Å². The smallest absolute Gasteiger partial charge is 0.419 e. The van der Waals surface area contributed by atoms with Crippen LogP contribution in [-0.2, 0) is 28.5 Å². The average molecular weight is 444 g/mol. The van der Waals surface area contributed by atoms with Crippen molar-refractivity contribution in [3.63, 3.8) is 0 Å². The van der Waals surface area contributed by atoms with Crippen molar-refractivity contribution in [2.45, 2.75) is 57.0 Å². The lowest BCUT2D eigenvalue weighted by Crippen LogP contribution is -2.57. The van der Waals surface area contributed by atoms with Crippen LogP contribution in [0.2, 0.25) is 0 Å². The fraction of sp³-hybridized carbons (Fsp3) is 0.545. The molecule has 4 nitrogen and oxygen atoms in total. The van der Waals surface area contributed by atoms with Crippen molar-refractivity contribution in [3.05, 3.63) is 51.7 Å². The van der Waals surface area contributed by atoms with E-state index < -0.39 is 23.1 Å².